The second-order valence-electron chi connectivity index (χ2n) is 3.39. The van der Waals surface area contributed by atoms with Gasteiger partial charge in [-0.05, 0) is 28.6 Å². The van der Waals surface area contributed by atoms with Gasteiger partial charge in [0.25, 0.3) is 0 Å². The minimum atomic E-state index is 1.23. The van der Waals surface area contributed by atoms with Gasteiger partial charge < -0.3 is 0 Å². The smallest absolute Gasteiger partial charge is 0.0352 e. The van der Waals surface area contributed by atoms with Gasteiger partial charge in [0.2, 0.25) is 0 Å². The number of rotatable bonds is 0. The standard InChI is InChI=1S/C13H9N/c1-2-4-10-8-11-6-7-14-9-13(11)12(10)5-3-1/h1-9H. The normalized spacial score (nSPS) is 10.9. The van der Waals surface area contributed by atoms with Crippen molar-refractivity contribution in [3.05, 3.63) is 54.9 Å². The third-order valence-corrected chi connectivity index (χ3v) is 2.53. The highest BCUT2D eigenvalue weighted by atomic mass is 14.6. The second-order valence-corrected chi connectivity index (χ2v) is 3.39. The summed E-state index contributed by atoms with van der Waals surface area (Å²) in [6.45, 7) is 0. The van der Waals surface area contributed by atoms with Gasteiger partial charge in [-0.1, -0.05) is 30.3 Å². The van der Waals surface area contributed by atoms with E-state index in [9.17, 15) is 0 Å². The molecule has 0 bridgehead atoms. The number of hydrogen-bond acceptors (Lipinski definition) is 1. The maximum Gasteiger partial charge on any atom is 0.0352 e. The van der Waals surface area contributed by atoms with Crippen LogP contribution in [0.25, 0.3) is 21.9 Å². The van der Waals surface area contributed by atoms with E-state index >= 15 is 0 Å². The maximum atomic E-state index is 4.16. The lowest BCUT2D eigenvalue weighted by Gasteiger charge is -1.91. The maximum absolute atomic E-state index is 4.16. The molecular formula is C13H9N. The van der Waals surface area contributed by atoms with E-state index in [1.54, 1.807) is 0 Å². The summed E-state index contributed by atoms with van der Waals surface area (Å²) in [5.41, 5.74) is 2.55. The molecule has 0 aliphatic heterocycles. The molecule has 0 radical (unpaired) electrons. The predicted molar refractivity (Wildman–Crippen MR) is 58.4 cm³/mol. The summed E-state index contributed by atoms with van der Waals surface area (Å²) in [5, 5.41) is 2.50. The van der Waals surface area contributed by atoms with Gasteiger partial charge in [0, 0.05) is 17.8 Å². The monoisotopic (exact) mass is 179 g/mol. The van der Waals surface area contributed by atoms with Crippen molar-refractivity contribution in [2.24, 2.45) is 0 Å². The minimum absolute atomic E-state index is 1.23. The Morgan fingerprint density at radius 2 is 1.86 bits per heavy atom. The number of nitrogens with zero attached hydrogens (tertiary/aromatic N) is 1. The van der Waals surface area contributed by atoms with Gasteiger partial charge >= 0.3 is 0 Å². The van der Waals surface area contributed by atoms with Crippen LogP contribution in [0.3, 0.4) is 0 Å². The van der Waals surface area contributed by atoms with Crippen LogP contribution in [0.2, 0.25) is 0 Å². The van der Waals surface area contributed by atoms with Crippen LogP contribution in [0.5, 0.6) is 0 Å². The van der Waals surface area contributed by atoms with E-state index in [2.05, 4.69) is 41.4 Å². The van der Waals surface area contributed by atoms with Crippen molar-refractivity contribution in [3.63, 3.8) is 0 Å². The Kier molecular flexibility index (Phi) is 1.51. The topological polar surface area (TPSA) is 12.9 Å². The van der Waals surface area contributed by atoms with Crippen LogP contribution in [0, 0.1) is 0 Å². The molecule has 1 heteroatoms. The molecule has 0 atom stereocenters. The molecule has 66 valence electrons. The van der Waals surface area contributed by atoms with Gasteiger partial charge in [-0.25, -0.2) is 0 Å². The average Bonchev–Trinajstić information content (AvgIpc) is 2.42. The summed E-state index contributed by atoms with van der Waals surface area (Å²) < 4.78 is 0. The van der Waals surface area contributed by atoms with Crippen molar-refractivity contribution in [1.82, 2.24) is 4.98 Å². The van der Waals surface area contributed by atoms with Gasteiger partial charge in [0.15, 0.2) is 0 Å². The van der Waals surface area contributed by atoms with E-state index in [1.165, 1.54) is 21.9 Å². The first-order chi connectivity index (χ1) is 6.95. The molecular weight excluding hydrogens is 170 g/mol. The van der Waals surface area contributed by atoms with E-state index in [0.29, 0.717) is 0 Å². The Hall–Kier alpha value is -1.89. The minimum Gasteiger partial charge on any atom is -0.264 e. The first kappa shape index (κ1) is 7.51. The van der Waals surface area contributed by atoms with E-state index in [0.717, 1.165) is 0 Å². The van der Waals surface area contributed by atoms with E-state index in [-0.39, 0.29) is 0 Å². The van der Waals surface area contributed by atoms with Crippen LogP contribution in [0.15, 0.2) is 54.9 Å². The van der Waals surface area contributed by atoms with Gasteiger partial charge in [-0.15, -0.1) is 0 Å². The second kappa shape index (κ2) is 2.81. The van der Waals surface area contributed by atoms with Crippen LogP contribution >= 0.6 is 0 Å². The molecule has 1 aromatic heterocycles. The van der Waals surface area contributed by atoms with Crippen molar-refractivity contribution >= 4 is 10.8 Å². The lowest BCUT2D eigenvalue weighted by Crippen LogP contribution is -1.69. The van der Waals surface area contributed by atoms with Crippen molar-refractivity contribution in [1.29, 1.82) is 0 Å². The molecule has 0 aromatic carbocycles. The molecule has 2 aliphatic rings. The number of pyridine rings is 1. The molecule has 0 N–H and O–H groups in total. The molecule has 0 amide bonds. The lowest BCUT2D eigenvalue weighted by atomic mass is 10.1. The Morgan fingerprint density at radius 1 is 0.929 bits per heavy atom. The Balaban J connectivity index is 2.52. The zero-order chi connectivity index (χ0) is 9.38. The van der Waals surface area contributed by atoms with Crippen LogP contribution < -0.4 is 0 Å². The van der Waals surface area contributed by atoms with E-state index in [1.807, 2.05) is 18.5 Å². The zero-order valence-electron chi connectivity index (χ0n) is 7.64. The Labute approximate surface area is 82.4 Å². The molecule has 2 aliphatic carbocycles. The fraction of sp³-hybridized carbons (Fsp3) is 0. The molecule has 14 heavy (non-hydrogen) atoms. The van der Waals surface area contributed by atoms with Gasteiger partial charge in [0.1, 0.15) is 0 Å². The highest BCUT2D eigenvalue weighted by Crippen LogP contribution is 2.32. The third-order valence-electron chi connectivity index (χ3n) is 2.53. The summed E-state index contributed by atoms with van der Waals surface area (Å²) in [6.07, 6.45) is 3.76. The van der Waals surface area contributed by atoms with Crippen LogP contribution in [0.1, 0.15) is 0 Å². The first-order valence-electron chi connectivity index (χ1n) is 4.67. The summed E-state index contributed by atoms with van der Waals surface area (Å²) in [4.78, 5) is 4.16. The molecule has 1 nitrogen and oxygen atoms in total. The predicted octanol–water partition coefficient (Wildman–Crippen LogP) is 3.34. The van der Waals surface area contributed by atoms with Crippen molar-refractivity contribution in [2.75, 3.05) is 0 Å². The lowest BCUT2D eigenvalue weighted by molar-refractivity contribution is 1.37. The molecule has 0 spiro atoms. The fourth-order valence-corrected chi connectivity index (χ4v) is 1.86. The third kappa shape index (κ3) is 0.990. The highest BCUT2D eigenvalue weighted by Gasteiger charge is 2.06. The SMILES string of the molecule is c1ccc2cc3ccncc3c-2cc1. The first-order valence-corrected chi connectivity index (χ1v) is 4.67. The molecule has 0 saturated carbocycles. The molecule has 0 fully saturated rings. The summed E-state index contributed by atoms with van der Waals surface area (Å²) in [6, 6.07) is 14.7. The van der Waals surface area contributed by atoms with Gasteiger partial charge in [-0.2, -0.15) is 0 Å². The van der Waals surface area contributed by atoms with E-state index < -0.39 is 0 Å². The number of hydrogen-bond donors (Lipinski definition) is 0. The zero-order valence-corrected chi connectivity index (χ0v) is 7.64. The number of aromatic nitrogens is 1. The quantitative estimate of drug-likeness (QED) is 0.515. The Bertz CT molecular complexity index is 557. The van der Waals surface area contributed by atoms with Crippen LogP contribution in [-0.2, 0) is 0 Å². The summed E-state index contributed by atoms with van der Waals surface area (Å²) in [5.74, 6) is 0. The summed E-state index contributed by atoms with van der Waals surface area (Å²) in [7, 11) is 0. The fourth-order valence-electron chi connectivity index (χ4n) is 1.86. The molecule has 1 heterocycles. The van der Waals surface area contributed by atoms with Crippen molar-refractivity contribution in [3.8, 4) is 11.1 Å². The van der Waals surface area contributed by atoms with Gasteiger partial charge in [0.05, 0.1) is 0 Å². The molecule has 1 aromatic rings. The average molecular weight is 179 g/mol. The Morgan fingerprint density at radius 3 is 2.86 bits per heavy atom. The van der Waals surface area contributed by atoms with Crippen LogP contribution in [0.4, 0.5) is 0 Å². The van der Waals surface area contributed by atoms with Gasteiger partial charge in [-0.3, -0.25) is 4.98 Å². The number of fused-ring (bicyclic) bond motifs is 3. The molecule has 0 unspecified atom stereocenters. The van der Waals surface area contributed by atoms with Crippen molar-refractivity contribution in [2.45, 2.75) is 0 Å². The molecule has 3 rings (SSSR count). The summed E-state index contributed by atoms with van der Waals surface area (Å²) >= 11 is 0. The molecule has 0 saturated heterocycles. The van der Waals surface area contributed by atoms with E-state index in [4.69, 9.17) is 0 Å². The van der Waals surface area contributed by atoms with Crippen molar-refractivity contribution < 1.29 is 0 Å². The van der Waals surface area contributed by atoms with Crippen LogP contribution in [-0.4, -0.2) is 4.98 Å². The largest absolute Gasteiger partial charge is 0.264 e. The highest BCUT2D eigenvalue weighted by molar-refractivity contribution is 6.01.